The van der Waals surface area contributed by atoms with E-state index in [0.29, 0.717) is 35.5 Å². The fourth-order valence-electron chi connectivity index (χ4n) is 2.94. The number of aryl methyl sites for hydroxylation is 1. The Bertz CT molecular complexity index is 1020. The number of hydrogen-bond acceptors (Lipinski definition) is 4. The first-order valence-electron chi connectivity index (χ1n) is 8.46. The van der Waals surface area contributed by atoms with Crippen molar-refractivity contribution in [3.8, 4) is 11.5 Å². The Morgan fingerprint density at radius 2 is 1.81 bits per heavy atom. The number of amides is 1. The molecule has 0 aliphatic heterocycles. The normalized spacial score (nSPS) is 10.7. The number of carbonyl (C=O) groups excluding carboxylic acids is 1. The van der Waals surface area contributed by atoms with Gasteiger partial charge in [-0.25, -0.2) is 0 Å². The molecule has 0 unspecified atom stereocenters. The van der Waals surface area contributed by atoms with E-state index in [4.69, 9.17) is 4.74 Å². The van der Waals surface area contributed by atoms with Crippen molar-refractivity contribution in [2.45, 2.75) is 20.4 Å². The maximum Gasteiger partial charge on any atom is 0.267 e. The monoisotopic (exact) mass is 352 g/mol. The second-order valence-electron chi connectivity index (χ2n) is 5.67. The van der Waals surface area contributed by atoms with E-state index < -0.39 is 11.5 Å². The Hall–Kier alpha value is -3.28. The van der Waals surface area contributed by atoms with Gasteiger partial charge in [-0.1, -0.05) is 24.3 Å². The maximum absolute atomic E-state index is 12.8. The summed E-state index contributed by atoms with van der Waals surface area (Å²) in [4.78, 5) is 25.6. The van der Waals surface area contributed by atoms with Crippen LogP contribution in [0.1, 0.15) is 24.2 Å². The molecule has 0 radical (unpaired) electrons. The number of anilines is 1. The number of hydrogen-bond donors (Lipinski definition) is 2. The van der Waals surface area contributed by atoms with E-state index >= 15 is 0 Å². The molecule has 134 valence electrons. The number of carbonyl (C=O) groups is 1. The molecule has 0 saturated heterocycles. The van der Waals surface area contributed by atoms with E-state index in [2.05, 4.69) is 5.32 Å². The minimum absolute atomic E-state index is 0.281. The zero-order valence-corrected chi connectivity index (χ0v) is 14.7. The fourth-order valence-corrected chi connectivity index (χ4v) is 2.94. The SMILES string of the molecule is CCOc1ccccc1NC(=O)c1c(O)c2ccccc2n(CC)c1=O. The number of fused-ring (bicyclic) bond motifs is 1. The smallest absolute Gasteiger partial charge is 0.267 e. The third-order valence-electron chi connectivity index (χ3n) is 4.12. The number of pyridine rings is 1. The molecule has 3 rings (SSSR count). The Labute approximate surface area is 150 Å². The van der Waals surface area contributed by atoms with Gasteiger partial charge in [0.2, 0.25) is 0 Å². The summed E-state index contributed by atoms with van der Waals surface area (Å²) < 4.78 is 6.96. The first-order chi connectivity index (χ1) is 12.6. The summed E-state index contributed by atoms with van der Waals surface area (Å²) in [5, 5.41) is 13.7. The van der Waals surface area contributed by atoms with Crippen molar-refractivity contribution in [3.05, 3.63) is 64.4 Å². The van der Waals surface area contributed by atoms with E-state index in [1.54, 1.807) is 48.5 Å². The van der Waals surface area contributed by atoms with Gasteiger partial charge in [-0.15, -0.1) is 0 Å². The second kappa shape index (κ2) is 7.31. The van der Waals surface area contributed by atoms with Gasteiger partial charge in [0.25, 0.3) is 11.5 Å². The molecule has 2 N–H and O–H groups in total. The standard InChI is InChI=1S/C20H20N2O4/c1-3-22-15-11-7-5-9-13(15)18(23)17(20(22)25)19(24)21-14-10-6-8-12-16(14)26-4-2/h5-12,23H,3-4H2,1-2H3,(H,21,24). The number of aromatic nitrogens is 1. The first kappa shape index (κ1) is 17.5. The summed E-state index contributed by atoms with van der Waals surface area (Å²) >= 11 is 0. The van der Waals surface area contributed by atoms with E-state index in [1.165, 1.54) is 4.57 Å². The van der Waals surface area contributed by atoms with Crippen LogP contribution >= 0.6 is 0 Å². The highest BCUT2D eigenvalue weighted by Crippen LogP contribution is 2.28. The van der Waals surface area contributed by atoms with Crippen molar-refractivity contribution >= 4 is 22.5 Å². The molecule has 0 saturated carbocycles. The van der Waals surface area contributed by atoms with Crippen LogP contribution in [0, 0.1) is 0 Å². The number of rotatable bonds is 5. The van der Waals surface area contributed by atoms with Crippen molar-refractivity contribution in [2.24, 2.45) is 0 Å². The number of aromatic hydroxyl groups is 1. The lowest BCUT2D eigenvalue weighted by atomic mass is 10.1. The third kappa shape index (κ3) is 3.01. The van der Waals surface area contributed by atoms with Crippen molar-refractivity contribution in [2.75, 3.05) is 11.9 Å². The summed E-state index contributed by atoms with van der Waals surface area (Å²) in [6.07, 6.45) is 0. The minimum Gasteiger partial charge on any atom is -0.506 e. The number of para-hydroxylation sites is 3. The molecule has 6 heteroatoms. The molecule has 0 aliphatic rings. The quantitative estimate of drug-likeness (QED) is 0.738. The number of nitrogens with one attached hydrogen (secondary N) is 1. The van der Waals surface area contributed by atoms with Gasteiger partial charge in [0.15, 0.2) is 0 Å². The predicted octanol–water partition coefficient (Wildman–Crippen LogP) is 3.38. The van der Waals surface area contributed by atoms with Crippen molar-refractivity contribution in [3.63, 3.8) is 0 Å². The van der Waals surface area contributed by atoms with Gasteiger partial charge >= 0.3 is 0 Å². The molecule has 2 aromatic carbocycles. The first-order valence-corrected chi connectivity index (χ1v) is 8.46. The van der Waals surface area contributed by atoms with Crippen molar-refractivity contribution in [1.29, 1.82) is 0 Å². The summed E-state index contributed by atoms with van der Waals surface area (Å²) in [7, 11) is 0. The molecular formula is C20H20N2O4. The lowest BCUT2D eigenvalue weighted by Gasteiger charge is -2.15. The van der Waals surface area contributed by atoms with Crippen LogP contribution in [0.25, 0.3) is 10.9 Å². The molecule has 1 heterocycles. The van der Waals surface area contributed by atoms with E-state index in [-0.39, 0.29) is 11.3 Å². The highest BCUT2D eigenvalue weighted by molar-refractivity contribution is 6.09. The topological polar surface area (TPSA) is 80.6 Å². The fraction of sp³-hybridized carbons (Fsp3) is 0.200. The van der Waals surface area contributed by atoms with Crippen LogP contribution in [0.2, 0.25) is 0 Å². The summed E-state index contributed by atoms with van der Waals surface area (Å²) in [5.41, 5.74) is 0.213. The largest absolute Gasteiger partial charge is 0.506 e. The average molecular weight is 352 g/mol. The highest BCUT2D eigenvalue weighted by atomic mass is 16.5. The van der Waals surface area contributed by atoms with E-state index in [9.17, 15) is 14.7 Å². The molecule has 6 nitrogen and oxygen atoms in total. The van der Waals surface area contributed by atoms with Crippen molar-refractivity contribution in [1.82, 2.24) is 4.57 Å². The molecule has 26 heavy (non-hydrogen) atoms. The summed E-state index contributed by atoms with van der Waals surface area (Å²) in [5.74, 6) is -0.492. The van der Waals surface area contributed by atoms with Crippen LogP contribution in [0.15, 0.2) is 53.3 Å². The number of ether oxygens (including phenoxy) is 1. The van der Waals surface area contributed by atoms with E-state index in [1.807, 2.05) is 13.8 Å². The third-order valence-corrected chi connectivity index (χ3v) is 4.12. The van der Waals surface area contributed by atoms with Crippen LogP contribution in [-0.2, 0) is 6.54 Å². The van der Waals surface area contributed by atoms with Crippen LogP contribution in [0.5, 0.6) is 11.5 Å². The Balaban J connectivity index is 2.11. The van der Waals surface area contributed by atoms with Crippen molar-refractivity contribution < 1.29 is 14.6 Å². The van der Waals surface area contributed by atoms with Crippen LogP contribution in [0.4, 0.5) is 5.69 Å². The Morgan fingerprint density at radius 1 is 1.12 bits per heavy atom. The molecule has 0 atom stereocenters. The predicted molar refractivity (Wildman–Crippen MR) is 101 cm³/mol. The molecule has 1 aromatic heterocycles. The Morgan fingerprint density at radius 3 is 2.54 bits per heavy atom. The van der Waals surface area contributed by atoms with Crippen LogP contribution in [-0.4, -0.2) is 22.2 Å². The molecule has 0 aliphatic carbocycles. The Kier molecular flexibility index (Phi) is 4.93. The molecular weight excluding hydrogens is 332 g/mol. The molecule has 1 amide bonds. The molecule has 3 aromatic rings. The van der Waals surface area contributed by atoms with Crippen LogP contribution < -0.4 is 15.6 Å². The number of benzene rings is 2. The van der Waals surface area contributed by atoms with Gasteiger partial charge in [0.05, 0.1) is 17.8 Å². The molecule has 0 bridgehead atoms. The van der Waals surface area contributed by atoms with E-state index in [0.717, 1.165) is 0 Å². The zero-order valence-electron chi connectivity index (χ0n) is 14.7. The summed E-state index contributed by atoms with van der Waals surface area (Å²) in [6, 6.07) is 13.9. The zero-order chi connectivity index (χ0) is 18.7. The van der Waals surface area contributed by atoms with Crippen LogP contribution in [0.3, 0.4) is 0 Å². The lowest BCUT2D eigenvalue weighted by Crippen LogP contribution is -2.29. The van der Waals surface area contributed by atoms with Gasteiger partial charge in [-0.05, 0) is 38.1 Å². The average Bonchev–Trinajstić information content (AvgIpc) is 2.64. The van der Waals surface area contributed by atoms with Gasteiger partial charge in [-0.2, -0.15) is 0 Å². The second-order valence-corrected chi connectivity index (χ2v) is 5.67. The van der Waals surface area contributed by atoms with Gasteiger partial charge < -0.3 is 19.7 Å². The highest BCUT2D eigenvalue weighted by Gasteiger charge is 2.22. The van der Waals surface area contributed by atoms with Gasteiger partial charge in [0, 0.05) is 11.9 Å². The summed E-state index contributed by atoms with van der Waals surface area (Å²) in [6.45, 7) is 4.48. The maximum atomic E-state index is 12.8. The minimum atomic E-state index is -0.674. The lowest BCUT2D eigenvalue weighted by molar-refractivity contribution is 0.102. The number of nitrogens with zero attached hydrogens (tertiary/aromatic N) is 1. The van der Waals surface area contributed by atoms with Gasteiger partial charge in [0.1, 0.15) is 17.1 Å². The molecule has 0 fully saturated rings. The van der Waals surface area contributed by atoms with Gasteiger partial charge in [-0.3, -0.25) is 9.59 Å². The molecule has 0 spiro atoms.